The number of nitro groups is 1. The van der Waals surface area contributed by atoms with Crippen molar-refractivity contribution in [2.24, 2.45) is 11.1 Å². The topological polar surface area (TPSA) is 93.4 Å². The molecule has 94 valence electrons. The zero-order valence-corrected chi connectivity index (χ0v) is 9.79. The number of nitrogens with zero attached hydrogens (tertiary/aromatic N) is 3. The highest BCUT2D eigenvalue weighted by molar-refractivity contribution is 6.00. The Morgan fingerprint density at radius 2 is 2.44 bits per heavy atom. The maximum absolute atomic E-state index is 10.8. The van der Waals surface area contributed by atoms with E-state index in [1.165, 1.54) is 0 Å². The summed E-state index contributed by atoms with van der Waals surface area (Å²) in [5, 5.41) is 14.8. The minimum Gasteiger partial charge on any atom is -0.387 e. The summed E-state index contributed by atoms with van der Waals surface area (Å²) >= 11 is 0. The van der Waals surface area contributed by atoms with E-state index < -0.39 is 4.92 Å². The zero-order valence-electron chi connectivity index (χ0n) is 9.79. The average Bonchev–Trinajstić information content (AvgIpc) is 2.92. The Kier molecular flexibility index (Phi) is 2.39. The summed E-state index contributed by atoms with van der Waals surface area (Å²) in [5.41, 5.74) is 1.05. The van der Waals surface area contributed by atoms with E-state index in [0.29, 0.717) is 17.2 Å². The molecule has 0 amide bonds. The molecule has 1 aliphatic carbocycles. The Labute approximate surface area is 103 Å². The smallest absolute Gasteiger partial charge is 0.343 e. The van der Waals surface area contributed by atoms with Crippen LogP contribution in [0, 0.1) is 23.0 Å². The summed E-state index contributed by atoms with van der Waals surface area (Å²) in [7, 11) is 0. The third-order valence-corrected chi connectivity index (χ3v) is 3.27. The van der Waals surface area contributed by atoms with E-state index in [1.54, 1.807) is 6.92 Å². The Bertz CT molecular complexity index is 561. The number of aryl methyl sites for hydroxylation is 1. The molecule has 0 radical (unpaired) electrons. The monoisotopic (exact) mass is 248 g/mol. The van der Waals surface area contributed by atoms with E-state index in [0.717, 1.165) is 12.8 Å². The quantitative estimate of drug-likeness (QED) is 0.489. The highest BCUT2D eigenvalue weighted by Crippen LogP contribution is 2.31. The second kappa shape index (κ2) is 3.94. The van der Waals surface area contributed by atoms with Crippen LogP contribution >= 0.6 is 0 Å². The normalized spacial score (nSPS) is 25.5. The number of oxime groups is 1. The number of hydrogen-bond donors (Lipinski definition) is 1. The Morgan fingerprint density at radius 3 is 3.17 bits per heavy atom. The number of aromatic amines is 1. The molecule has 1 aromatic heterocycles. The molecule has 1 aromatic rings. The van der Waals surface area contributed by atoms with Gasteiger partial charge in [-0.1, -0.05) is 11.2 Å². The number of nitrogens with one attached hydrogen (secondary N) is 1. The molecule has 3 rings (SSSR count). The van der Waals surface area contributed by atoms with Crippen molar-refractivity contribution in [3.05, 3.63) is 33.8 Å². The summed E-state index contributed by atoms with van der Waals surface area (Å²) in [6, 6.07) is 0. The molecule has 0 fully saturated rings. The van der Waals surface area contributed by atoms with Crippen LogP contribution in [0.5, 0.6) is 0 Å². The van der Waals surface area contributed by atoms with Crippen LogP contribution in [0.4, 0.5) is 5.82 Å². The fraction of sp³-hybridized carbons (Fsp3) is 0.455. The lowest BCUT2D eigenvalue weighted by molar-refractivity contribution is -0.389. The van der Waals surface area contributed by atoms with E-state index in [4.69, 9.17) is 4.84 Å². The predicted octanol–water partition coefficient (Wildman–Crippen LogP) is 1.70. The summed E-state index contributed by atoms with van der Waals surface area (Å²) in [5.74, 6) is 0.504. The number of rotatable bonds is 2. The molecule has 2 heterocycles. The van der Waals surface area contributed by atoms with Crippen LogP contribution < -0.4 is 0 Å². The van der Waals surface area contributed by atoms with E-state index in [1.807, 2.05) is 6.08 Å². The van der Waals surface area contributed by atoms with E-state index in [9.17, 15) is 10.1 Å². The largest absolute Gasteiger partial charge is 0.387 e. The van der Waals surface area contributed by atoms with Gasteiger partial charge >= 0.3 is 5.82 Å². The van der Waals surface area contributed by atoms with E-state index >= 15 is 0 Å². The van der Waals surface area contributed by atoms with Crippen molar-refractivity contribution in [1.82, 2.24) is 9.97 Å². The van der Waals surface area contributed by atoms with Gasteiger partial charge in [-0.05, 0) is 30.8 Å². The minimum atomic E-state index is -0.472. The molecular formula is C11H12N4O3. The van der Waals surface area contributed by atoms with Crippen LogP contribution in [0.1, 0.15) is 24.4 Å². The van der Waals surface area contributed by atoms with Crippen molar-refractivity contribution in [3.63, 3.8) is 0 Å². The zero-order chi connectivity index (χ0) is 12.7. The molecule has 0 bridgehead atoms. The number of H-pyrrole nitrogens is 1. The first kappa shape index (κ1) is 10.9. The summed E-state index contributed by atoms with van der Waals surface area (Å²) in [6.45, 7) is 1.60. The van der Waals surface area contributed by atoms with Gasteiger partial charge in [0.05, 0.1) is 5.92 Å². The van der Waals surface area contributed by atoms with Gasteiger partial charge in [0.2, 0.25) is 5.82 Å². The third kappa shape index (κ3) is 1.59. The van der Waals surface area contributed by atoms with Crippen molar-refractivity contribution in [2.75, 3.05) is 0 Å². The number of imidazole rings is 1. The Morgan fingerprint density at radius 1 is 1.61 bits per heavy atom. The maximum atomic E-state index is 10.8. The number of fused-ring (bicyclic) bond motifs is 1. The SMILES string of the molecule is Cc1nc(C2=NOC3C=CCCC23)[nH]c1[N+](=O)[O-]. The first-order valence-corrected chi connectivity index (χ1v) is 5.78. The number of hydrogen-bond acceptors (Lipinski definition) is 5. The Hall–Kier alpha value is -2.18. The summed E-state index contributed by atoms with van der Waals surface area (Å²) in [6.07, 6.45) is 5.88. The minimum absolute atomic E-state index is 0.0572. The lowest BCUT2D eigenvalue weighted by Gasteiger charge is -2.17. The van der Waals surface area contributed by atoms with Crippen molar-refractivity contribution < 1.29 is 9.76 Å². The highest BCUT2D eigenvalue weighted by atomic mass is 16.6. The number of aromatic nitrogens is 2. The fourth-order valence-electron chi connectivity index (χ4n) is 2.36. The lowest BCUT2D eigenvalue weighted by Crippen LogP contribution is -2.25. The standard InChI is InChI=1S/C11H12N4O3/c1-6-11(15(16)17)13-10(12-6)9-7-4-2-3-5-8(7)18-14-9/h3,5,7-8H,2,4H2,1H3,(H,12,13). The van der Waals surface area contributed by atoms with Crippen LogP contribution in [-0.2, 0) is 4.84 Å². The van der Waals surface area contributed by atoms with Crippen LogP contribution in [-0.4, -0.2) is 26.7 Å². The van der Waals surface area contributed by atoms with Gasteiger partial charge in [-0.2, -0.15) is 0 Å². The molecule has 2 unspecified atom stereocenters. The molecule has 1 N–H and O–H groups in total. The van der Waals surface area contributed by atoms with Crippen LogP contribution in [0.15, 0.2) is 17.3 Å². The fourth-order valence-corrected chi connectivity index (χ4v) is 2.36. The van der Waals surface area contributed by atoms with Crippen LogP contribution in [0.3, 0.4) is 0 Å². The van der Waals surface area contributed by atoms with Crippen molar-refractivity contribution in [3.8, 4) is 0 Å². The van der Waals surface area contributed by atoms with Gasteiger partial charge in [0.1, 0.15) is 5.69 Å². The molecule has 7 heteroatoms. The molecule has 0 spiro atoms. The average molecular weight is 248 g/mol. The predicted molar refractivity (Wildman–Crippen MR) is 63.3 cm³/mol. The van der Waals surface area contributed by atoms with E-state index in [-0.39, 0.29) is 17.8 Å². The summed E-state index contributed by atoms with van der Waals surface area (Å²) < 4.78 is 0. The van der Waals surface area contributed by atoms with Gasteiger partial charge in [0.25, 0.3) is 0 Å². The molecule has 2 atom stereocenters. The Balaban J connectivity index is 1.94. The lowest BCUT2D eigenvalue weighted by atomic mass is 9.88. The molecule has 0 saturated carbocycles. The second-order valence-electron chi connectivity index (χ2n) is 4.44. The van der Waals surface area contributed by atoms with E-state index in [2.05, 4.69) is 21.2 Å². The molecule has 0 saturated heterocycles. The first-order valence-electron chi connectivity index (χ1n) is 5.78. The van der Waals surface area contributed by atoms with Crippen LogP contribution in [0.2, 0.25) is 0 Å². The molecule has 2 aliphatic rings. The summed E-state index contributed by atoms with van der Waals surface area (Å²) in [4.78, 5) is 22.5. The van der Waals surface area contributed by atoms with Gasteiger partial charge in [-0.25, -0.2) is 9.97 Å². The van der Waals surface area contributed by atoms with Crippen LogP contribution in [0.25, 0.3) is 0 Å². The molecular weight excluding hydrogens is 236 g/mol. The second-order valence-corrected chi connectivity index (χ2v) is 4.44. The maximum Gasteiger partial charge on any atom is 0.343 e. The first-order chi connectivity index (χ1) is 8.66. The van der Waals surface area contributed by atoms with Gasteiger partial charge in [0.15, 0.2) is 11.8 Å². The van der Waals surface area contributed by atoms with Gasteiger partial charge in [-0.3, -0.25) is 0 Å². The molecule has 18 heavy (non-hydrogen) atoms. The number of allylic oxidation sites excluding steroid dienone is 1. The van der Waals surface area contributed by atoms with Crippen molar-refractivity contribution >= 4 is 11.5 Å². The molecule has 1 aliphatic heterocycles. The van der Waals surface area contributed by atoms with Gasteiger partial charge < -0.3 is 15.0 Å². The molecule has 7 nitrogen and oxygen atoms in total. The third-order valence-electron chi connectivity index (χ3n) is 3.27. The van der Waals surface area contributed by atoms with Gasteiger partial charge in [0, 0.05) is 0 Å². The highest BCUT2D eigenvalue weighted by Gasteiger charge is 2.38. The van der Waals surface area contributed by atoms with Crippen molar-refractivity contribution in [1.29, 1.82) is 0 Å². The molecule has 0 aromatic carbocycles. The van der Waals surface area contributed by atoms with Crippen molar-refractivity contribution in [2.45, 2.75) is 25.9 Å². The van der Waals surface area contributed by atoms with Gasteiger partial charge in [-0.15, -0.1) is 0 Å².